The molecule has 1 radical (unpaired) electrons. The molecule has 0 aliphatic carbocycles. The molecule has 0 saturated carbocycles. The lowest BCUT2D eigenvalue weighted by Gasteiger charge is -1.84. The van der Waals surface area contributed by atoms with E-state index in [2.05, 4.69) is 0 Å². The summed E-state index contributed by atoms with van der Waals surface area (Å²) in [7, 11) is 0. The van der Waals surface area contributed by atoms with Gasteiger partial charge in [-0.25, -0.2) is 4.39 Å². The van der Waals surface area contributed by atoms with Crippen LogP contribution < -0.4 is 0 Å². The largest absolute Gasteiger partial charge is 0.367 e. The lowest BCUT2D eigenvalue weighted by Crippen LogP contribution is -1.75. The van der Waals surface area contributed by atoms with Gasteiger partial charge in [-0.1, -0.05) is 0 Å². The number of hydrogen-bond acceptors (Lipinski definition) is 0. The van der Waals surface area contributed by atoms with Crippen LogP contribution in [0.15, 0.2) is 11.9 Å². The third-order valence-electron chi connectivity index (χ3n) is 0.434. The van der Waals surface area contributed by atoms with Gasteiger partial charge >= 0.3 is 6.43 Å². The molecule has 0 aliphatic rings. The van der Waals surface area contributed by atoms with Crippen molar-refractivity contribution in [1.82, 2.24) is 0 Å². The Hall–Kier alpha value is -0.470. The van der Waals surface area contributed by atoms with E-state index in [9.17, 15) is 13.2 Å². The van der Waals surface area contributed by atoms with E-state index in [1.165, 1.54) is 6.92 Å². The maximum Gasteiger partial charge on any atom is 0.367 e. The van der Waals surface area contributed by atoms with Gasteiger partial charge in [0.25, 0.3) is 0 Å². The Morgan fingerprint density at radius 1 is 1.29 bits per heavy atom. The summed E-state index contributed by atoms with van der Waals surface area (Å²) in [5, 5.41) is 0. The van der Waals surface area contributed by atoms with Crippen LogP contribution in [0.4, 0.5) is 13.2 Å². The first-order valence-corrected chi connectivity index (χ1v) is 1.68. The number of hydrogen-bond donors (Lipinski definition) is 0. The van der Waals surface area contributed by atoms with Crippen LogP contribution in [-0.4, -0.2) is 0 Å². The highest BCUT2D eigenvalue weighted by Crippen LogP contribution is 2.16. The van der Waals surface area contributed by atoms with Gasteiger partial charge in [-0.05, 0) is 13.0 Å². The standard InChI is InChI=1S/C4H4F3/c1-2-3(5)4(6)7/h2H,1H3/b3-2-. The molecular formula is C4H4F3. The van der Waals surface area contributed by atoms with E-state index in [0.717, 1.165) is 0 Å². The van der Waals surface area contributed by atoms with Gasteiger partial charge < -0.3 is 0 Å². The molecule has 0 aliphatic heterocycles. The van der Waals surface area contributed by atoms with Crippen LogP contribution in [0.1, 0.15) is 6.92 Å². The molecule has 0 rings (SSSR count). The van der Waals surface area contributed by atoms with Crippen LogP contribution in [0.2, 0.25) is 0 Å². The van der Waals surface area contributed by atoms with E-state index in [4.69, 9.17) is 0 Å². The summed E-state index contributed by atoms with van der Waals surface area (Å²) >= 11 is 0. The molecule has 0 atom stereocenters. The molecule has 0 unspecified atom stereocenters. The van der Waals surface area contributed by atoms with Crippen molar-refractivity contribution in [3.8, 4) is 0 Å². The lowest BCUT2D eigenvalue weighted by atomic mass is 10.5. The molecule has 0 N–H and O–H groups in total. The van der Waals surface area contributed by atoms with E-state index in [1.807, 2.05) is 0 Å². The average molecular weight is 109 g/mol. The monoisotopic (exact) mass is 109 g/mol. The van der Waals surface area contributed by atoms with E-state index in [1.54, 1.807) is 0 Å². The molecule has 0 saturated heterocycles. The van der Waals surface area contributed by atoms with E-state index < -0.39 is 12.3 Å². The maximum atomic E-state index is 11.3. The van der Waals surface area contributed by atoms with Gasteiger partial charge in [0, 0.05) is 0 Å². The third kappa shape index (κ3) is 2.25. The van der Waals surface area contributed by atoms with Gasteiger partial charge in [0.05, 0.1) is 0 Å². The topological polar surface area (TPSA) is 0 Å². The van der Waals surface area contributed by atoms with Crippen LogP contribution in [0.25, 0.3) is 0 Å². The molecular weight excluding hydrogens is 105 g/mol. The molecule has 0 nitrogen and oxygen atoms in total. The summed E-state index contributed by atoms with van der Waals surface area (Å²) < 4.78 is 33.1. The Morgan fingerprint density at radius 2 is 1.71 bits per heavy atom. The summed E-state index contributed by atoms with van der Waals surface area (Å²) in [6.45, 7) is 1.20. The van der Waals surface area contributed by atoms with Crippen LogP contribution in [0.3, 0.4) is 0 Å². The van der Waals surface area contributed by atoms with Gasteiger partial charge in [-0.3, -0.25) is 0 Å². The zero-order valence-electron chi connectivity index (χ0n) is 3.71. The first-order valence-electron chi connectivity index (χ1n) is 1.68. The Labute approximate surface area is 39.6 Å². The molecule has 0 heterocycles. The molecule has 0 aromatic carbocycles. The summed E-state index contributed by atoms with van der Waals surface area (Å²) in [6.07, 6.45) is -1.56. The van der Waals surface area contributed by atoms with Crippen molar-refractivity contribution in [1.29, 1.82) is 0 Å². The summed E-state index contributed by atoms with van der Waals surface area (Å²) in [6, 6.07) is 0. The Bertz CT molecular complexity index is 75.0. The quantitative estimate of drug-likeness (QED) is 0.484. The summed E-state index contributed by atoms with van der Waals surface area (Å²) in [5.41, 5.74) is 0. The minimum atomic E-state index is -2.26. The SMILES string of the molecule is C/C=C(\F)[C](F)F. The smallest absolute Gasteiger partial charge is 0.205 e. The number of allylic oxidation sites excluding steroid dienone is 2. The fourth-order valence-electron chi connectivity index (χ4n) is 0.109. The van der Waals surface area contributed by atoms with Gasteiger partial charge in [0.15, 0.2) is 5.83 Å². The molecule has 0 spiro atoms. The highest BCUT2D eigenvalue weighted by atomic mass is 19.3. The van der Waals surface area contributed by atoms with Crippen molar-refractivity contribution in [2.75, 3.05) is 0 Å². The summed E-state index contributed by atoms with van der Waals surface area (Å²) in [5.74, 6) is -1.44. The minimum Gasteiger partial charge on any atom is -0.205 e. The number of rotatable bonds is 1. The molecule has 7 heavy (non-hydrogen) atoms. The molecule has 0 bridgehead atoms. The predicted molar refractivity (Wildman–Crippen MR) is 20.3 cm³/mol. The van der Waals surface area contributed by atoms with Gasteiger partial charge in [0.2, 0.25) is 0 Å². The first kappa shape index (κ1) is 6.53. The van der Waals surface area contributed by atoms with Crippen molar-refractivity contribution >= 4 is 0 Å². The molecule has 0 amide bonds. The average Bonchev–Trinajstić information content (AvgIpc) is 1.65. The molecule has 0 aromatic heterocycles. The second kappa shape index (κ2) is 2.66. The fourth-order valence-corrected chi connectivity index (χ4v) is 0.109. The van der Waals surface area contributed by atoms with E-state index in [0.29, 0.717) is 6.08 Å². The van der Waals surface area contributed by atoms with Crippen molar-refractivity contribution in [2.24, 2.45) is 0 Å². The molecule has 0 fully saturated rings. The van der Waals surface area contributed by atoms with Crippen LogP contribution in [0.5, 0.6) is 0 Å². The van der Waals surface area contributed by atoms with Crippen LogP contribution in [0, 0.1) is 6.43 Å². The number of halogens is 3. The fraction of sp³-hybridized carbons (Fsp3) is 0.250. The highest BCUT2D eigenvalue weighted by molar-refractivity contribution is 5.02. The zero-order valence-corrected chi connectivity index (χ0v) is 3.71. The molecule has 0 aromatic rings. The van der Waals surface area contributed by atoms with E-state index >= 15 is 0 Å². The zero-order chi connectivity index (χ0) is 5.86. The van der Waals surface area contributed by atoms with Crippen molar-refractivity contribution < 1.29 is 13.2 Å². The van der Waals surface area contributed by atoms with Crippen LogP contribution >= 0.6 is 0 Å². The highest BCUT2D eigenvalue weighted by Gasteiger charge is 2.09. The van der Waals surface area contributed by atoms with Crippen molar-refractivity contribution in [3.05, 3.63) is 18.3 Å². The Kier molecular flexibility index (Phi) is 2.48. The van der Waals surface area contributed by atoms with Crippen molar-refractivity contribution in [2.45, 2.75) is 6.92 Å². The van der Waals surface area contributed by atoms with E-state index in [-0.39, 0.29) is 0 Å². The van der Waals surface area contributed by atoms with Gasteiger partial charge in [-0.2, -0.15) is 8.78 Å². The summed E-state index contributed by atoms with van der Waals surface area (Å²) in [4.78, 5) is 0. The Morgan fingerprint density at radius 3 is 1.71 bits per heavy atom. The molecule has 41 valence electrons. The second-order valence-corrected chi connectivity index (χ2v) is 0.897. The second-order valence-electron chi connectivity index (χ2n) is 0.897. The van der Waals surface area contributed by atoms with Crippen molar-refractivity contribution in [3.63, 3.8) is 0 Å². The predicted octanol–water partition coefficient (Wildman–Crippen LogP) is 2.29. The normalized spacial score (nSPS) is 13.0. The van der Waals surface area contributed by atoms with Gasteiger partial charge in [-0.15, -0.1) is 0 Å². The third-order valence-corrected chi connectivity index (χ3v) is 0.434. The minimum absolute atomic E-state index is 0.704. The maximum absolute atomic E-state index is 11.3. The molecule has 3 heteroatoms. The Balaban J connectivity index is 3.56. The first-order chi connectivity index (χ1) is 3.18. The van der Waals surface area contributed by atoms with Gasteiger partial charge in [0.1, 0.15) is 0 Å². The lowest BCUT2D eigenvalue weighted by molar-refractivity contribution is 0.282. The van der Waals surface area contributed by atoms with Crippen LogP contribution in [-0.2, 0) is 0 Å².